The summed E-state index contributed by atoms with van der Waals surface area (Å²) < 4.78 is 30.6. The molecule has 4 rings (SSSR count). The van der Waals surface area contributed by atoms with Crippen LogP contribution in [0.25, 0.3) is 16.9 Å². The maximum absolute atomic E-state index is 14.8. The normalized spacial score (nSPS) is 20.3. The molecule has 0 aromatic carbocycles. The Morgan fingerprint density at radius 3 is 2.70 bits per heavy atom. The van der Waals surface area contributed by atoms with E-state index in [4.69, 9.17) is 0 Å². The number of anilines is 1. The van der Waals surface area contributed by atoms with E-state index < -0.39 is 18.0 Å². The van der Waals surface area contributed by atoms with E-state index in [-0.39, 0.29) is 17.5 Å². The topological polar surface area (TPSA) is 67.1 Å². The van der Waals surface area contributed by atoms with Crippen molar-refractivity contribution in [2.75, 3.05) is 18.4 Å². The predicted octanol–water partition coefficient (Wildman–Crippen LogP) is 2.95. The average molecular weight is 372 g/mol. The number of alkyl halides is 1. The van der Waals surface area contributed by atoms with E-state index in [9.17, 15) is 8.78 Å². The van der Waals surface area contributed by atoms with E-state index >= 15 is 0 Å². The molecular formula is C19H22F2N6. The van der Waals surface area contributed by atoms with Crippen LogP contribution in [0.3, 0.4) is 0 Å². The van der Waals surface area contributed by atoms with Crippen LogP contribution in [0.5, 0.6) is 0 Å². The first-order valence-electron chi connectivity index (χ1n) is 8.94. The van der Waals surface area contributed by atoms with Gasteiger partial charge in [-0.15, -0.1) is 0 Å². The van der Waals surface area contributed by atoms with Crippen molar-refractivity contribution in [1.29, 1.82) is 0 Å². The Morgan fingerprint density at radius 1 is 1.19 bits per heavy atom. The molecule has 3 aromatic heterocycles. The summed E-state index contributed by atoms with van der Waals surface area (Å²) >= 11 is 0. The zero-order valence-corrected chi connectivity index (χ0v) is 15.5. The van der Waals surface area contributed by atoms with Crippen molar-refractivity contribution in [2.45, 2.75) is 38.4 Å². The molecule has 2 atom stereocenters. The summed E-state index contributed by atoms with van der Waals surface area (Å²) in [7, 11) is 0. The number of aromatic nitrogens is 4. The van der Waals surface area contributed by atoms with Crippen molar-refractivity contribution < 1.29 is 8.78 Å². The molecule has 0 aliphatic carbocycles. The zero-order valence-electron chi connectivity index (χ0n) is 15.5. The van der Waals surface area contributed by atoms with Crippen LogP contribution in [0.4, 0.5) is 14.6 Å². The molecule has 0 radical (unpaired) electrons. The zero-order chi connectivity index (χ0) is 19.2. The van der Waals surface area contributed by atoms with Gasteiger partial charge in [0, 0.05) is 30.9 Å². The third-order valence-corrected chi connectivity index (χ3v) is 4.78. The molecule has 142 valence electrons. The lowest BCUT2D eigenvalue weighted by atomic mass is 9.93. The van der Waals surface area contributed by atoms with Crippen molar-refractivity contribution >= 4 is 11.5 Å². The van der Waals surface area contributed by atoms with Gasteiger partial charge >= 0.3 is 0 Å². The van der Waals surface area contributed by atoms with Gasteiger partial charge in [0.2, 0.25) is 0 Å². The minimum Gasteiger partial charge on any atom is -0.362 e. The van der Waals surface area contributed by atoms with Crippen LogP contribution in [0.1, 0.15) is 26.5 Å². The summed E-state index contributed by atoms with van der Waals surface area (Å²) in [4.78, 5) is 13.1. The second kappa shape index (κ2) is 6.53. The highest BCUT2D eigenvalue weighted by Crippen LogP contribution is 2.31. The molecule has 0 spiro atoms. The molecule has 0 saturated carbocycles. The first kappa shape index (κ1) is 17.8. The van der Waals surface area contributed by atoms with E-state index in [1.165, 1.54) is 12.3 Å². The molecule has 0 bridgehead atoms. The minimum absolute atomic E-state index is 0.165. The first-order valence-corrected chi connectivity index (χ1v) is 8.94. The number of halogens is 2. The van der Waals surface area contributed by atoms with E-state index in [2.05, 4.69) is 46.4 Å². The molecule has 4 heterocycles. The van der Waals surface area contributed by atoms with Gasteiger partial charge in [0.25, 0.3) is 0 Å². The molecule has 3 aromatic rings. The SMILES string of the molecule is CC(C)(C)c1cn2c(-c3c(F)ccnc3N[C@H]3CNC[C@@H]3F)cnc2cn1. The molecule has 1 saturated heterocycles. The van der Waals surface area contributed by atoms with Crippen molar-refractivity contribution in [1.82, 2.24) is 24.7 Å². The summed E-state index contributed by atoms with van der Waals surface area (Å²) in [5, 5.41) is 6.03. The summed E-state index contributed by atoms with van der Waals surface area (Å²) in [6.07, 6.45) is 5.45. The van der Waals surface area contributed by atoms with Gasteiger partial charge in [-0.1, -0.05) is 20.8 Å². The molecule has 2 N–H and O–H groups in total. The quantitative estimate of drug-likeness (QED) is 0.740. The number of hydrogen-bond acceptors (Lipinski definition) is 5. The fourth-order valence-corrected chi connectivity index (χ4v) is 3.22. The standard InChI is InChI=1S/C19H22F2N6/c1-19(2,3)15-10-27-14(8-25-16(27)9-24-15)17-11(20)4-5-23-18(17)26-13-7-22-6-12(13)21/h4-5,8-10,12-13,22H,6-7H2,1-3H3,(H,23,26)/t12-,13-/m0/s1. The summed E-state index contributed by atoms with van der Waals surface area (Å²) in [6, 6.07) is 0.843. The Labute approximate surface area is 156 Å². The molecule has 27 heavy (non-hydrogen) atoms. The number of nitrogens with zero attached hydrogens (tertiary/aromatic N) is 4. The van der Waals surface area contributed by atoms with Crippen LogP contribution in [0.15, 0.2) is 30.9 Å². The Hall–Kier alpha value is -2.61. The fraction of sp³-hybridized carbons (Fsp3) is 0.421. The van der Waals surface area contributed by atoms with Crippen molar-refractivity contribution in [2.24, 2.45) is 0 Å². The van der Waals surface area contributed by atoms with Gasteiger partial charge < -0.3 is 10.6 Å². The van der Waals surface area contributed by atoms with Crippen LogP contribution in [0, 0.1) is 5.82 Å². The van der Waals surface area contributed by atoms with Crippen molar-refractivity contribution in [3.63, 3.8) is 0 Å². The van der Waals surface area contributed by atoms with Crippen LogP contribution < -0.4 is 10.6 Å². The molecule has 0 unspecified atom stereocenters. The third kappa shape index (κ3) is 3.25. The van der Waals surface area contributed by atoms with Gasteiger partial charge in [-0.25, -0.2) is 18.7 Å². The lowest BCUT2D eigenvalue weighted by Crippen LogP contribution is -2.30. The van der Waals surface area contributed by atoms with Crippen molar-refractivity contribution in [3.05, 3.63) is 42.4 Å². The Kier molecular flexibility index (Phi) is 4.30. The average Bonchev–Trinajstić information content (AvgIpc) is 3.20. The van der Waals surface area contributed by atoms with Gasteiger partial charge in [0.05, 0.1) is 35.4 Å². The highest BCUT2D eigenvalue weighted by atomic mass is 19.1. The maximum atomic E-state index is 14.8. The van der Waals surface area contributed by atoms with Gasteiger partial charge in [-0.05, 0) is 6.07 Å². The van der Waals surface area contributed by atoms with Crippen LogP contribution in [0.2, 0.25) is 0 Å². The lowest BCUT2D eigenvalue weighted by Gasteiger charge is -2.19. The van der Waals surface area contributed by atoms with Gasteiger partial charge in [0.15, 0.2) is 5.65 Å². The predicted molar refractivity (Wildman–Crippen MR) is 100 cm³/mol. The van der Waals surface area contributed by atoms with E-state index in [0.29, 0.717) is 23.7 Å². The monoisotopic (exact) mass is 372 g/mol. The minimum atomic E-state index is -1.05. The number of hydrogen-bond donors (Lipinski definition) is 2. The molecular weight excluding hydrogens is 350 g/mol. The smallest absolute Gasteiger partial charge is 0.155 e. The molecule has 0 amide bonds. The molecule has 1 aliphatic rings. The Balaban J connectivity index is 1.83. The molecule has 1 aliphatic heterocycles. The van der Waals surface area contributed by atoms with Gasteiger partial charge in [-0.2, -0.15) is 0 Å². The summed E-state index contributed by atoms with van der Waals surface area (Å²) in [5.41, 5.74) is 2.12. The van der Waals surface area contributed by atoms with Crippen molar-refractivity contribution in [3.8, 4) is 11.3 Å². The largest absolute Gasteiger partial charge is 0.362 e. The summed E-state index contributed by atoms with van der Waals surface area (Å²) in [6.45, 7) is 6.92. The second-order valence-electron chi connectivity index (χ2n) is 7.84. The summed E-state index contributed by atoms with van der Waals surface area (Å²) in [5.74, 6) is -0.132. The maximum Gasteiger partial charge on any atom is 0.155 e. The van der Waals surface area contributed by atoms with E-state index in [1.807, 2.05) is 6.20 Å². The highest BCUT2D eigenvalue weighted by molar-refractivity contribution is 5.75. The highest BCUT2D eigenvalue weighted by Gasteiger charge is 2.29. The first-order chi connectivity index (χ1) is 12.8. The van der Waals surface area contributed by atoms with E-state index in [1.54, 1.807) is 16.8 Å². The van der Waals surface area contributed by atoms with Gasteiger partial charge in [0.1, 0.15) is 17.8 Å². The number of nitrogens with one attached hydrogen (secondary N) is 2. The number of imidazole rings is 1. The number of pyridine rings is 1. The fourth-order valence-electron chi connectivity index (χ4n) is 3.22. The molecule has 1 fully saturated rings. The van der Waals surface area contributed by atoms with Gasteiger partial charge in [-0.3, -0.25) is 9.38 Å². The molecule has 8 heteroatoms. The van der Waals surface area contributed by atoms with E-state index in [0.717, 1.165) is 5.69 Å². The van der Waals surface area contributed by atoms with Crippen LogP contribution in [-0.2, 0) is 5.41 Å². The second-order valence-corrected chi connectivity index (χ2v) is 7.84. The lowest BCUT2D eigenvalue weighted by molar-refractivity contribution is 0.342. The Morgan fingerprint density at radius 2 is 2.00 bits per heavy atom. The van der Waals surface area contributed by atoms with Crippen LogP contribution >= 0.6 is 0 Å². The third-order valence-electron chi connectivity index (χ3n) is 4.78. The van der Waals surface area contributed by atoms with Crippen LogP contribution in [-0.4, -0.2) is 44.7 Å². The number of rotatable bonds is 3. The Bertz CT molecular complexity index is 978. The number of fused-ring (bicyclic) bond motifs is 1. The molecule has 6 nitrogen and oxygen atoms in total.